The van der Waals surface area contributed by atoms with Crippen LogP contribution in [-0.4, -0.2) is 54.4 Å². The Kier molecular flexibility index (Phi) is 4.99. The summed E-state index contributed by atoms with van der Waals surface area (Å²) in [6, 6.07) is 0.624. The monoisotopic (exact) mass is 215 g/mol. The average molecular weight is 215 g/mol. The lowest BCUT2D eigenvalue weighted by molar-refractivity contribution is 0.110. The molecule has 4 N–H and O–H groups in total. The third-order valence-corrected chi connectivity index (χ3v) is 3.49. The molecule has 0 bridgehead atoms. The summed E-state index contributed by atoms with van der Waals surface area (Å²) in [4.78, 5) is 2.48. The first kappa shape index (κ1) is 12.9. The van der Waals surface area contributed by atoms with Gasteiger partial charge in [-0.1, -0.05) is 0 Å². The van der Waals surface area contributed by atoms with Crippen molar-refractivity contribution in [1.82, 2.24) is 10.2 Å². The quantitative estimate of drug-likeness (QED) is 0.593. The summed E-state index contributed by atoms with van der Waals surface area (Å²) in [6.07, 6.45) is 2.17. The summed E-state index contributed by atoms with van der Waals surface area (Å²) >= 11 is 0. The van der Waals surface area contributed by atoms with E-state index < -0.39 is 0 Å². The number of rotatable bonds is 5. The Morgan fingerprint density at radius 3 is 2.40 bits per heavy atom. The Hall–Kier alpha value is -0.160. The van der Waals surface area contributed by atoms with E-state index in [1.54, 1.807) is 0 Å². The summed E-state index contributed by atoms with van der Waals surface area (Å²) < 4.78 is 0. The number of hydrogen-bond donors (Lipinski definition) is 3. The van der Waals surface area contributed by atoms with Crippen LogP contribution in [0.25, 0.3) is 0 Å². The van der Waals surface area contributed by atoms with Crippen LogP contribution in [0.2, 0.25) is 0 Å². The molecule has 1 saturated heterocycles. The zero-order chi connectivity index (χ0) is 11.3. The van der Waals surface area contributed by atoms with Crippen LogP contribution in [0.5, 0.6) is 0 Å². The van der Waals surface area contributed by atoms with Crippen LogP contribution in [-0.2, 0) is 0 Å². The van der Waals surface area contributed by atoms with Crippen molar-refractivity contribution in [3.05, 3.63) is 0 Å². The van der Waals surface area contributed by atoms with Crippen molar-refractivity contribution in [1.29, 1.82) is 0 Å². The second-order valence-corrected chi connectivity index (χ2v) is 4.76. The van der Waals surface area contributed by atoms with Crippen LogP contribution in [0.4, 0.5) is 0 Å². The van der Waals surface area contributed by atoms with Gasteiger partial charge in [0.25, 0.3) is 0 Å². The zero-order valence-electron chi connectivity index (χ0n) is 10.00. The highest BCUT2D eigenvalue weighted by molar-refractivity contribution is 4.94. The third-order valence-electron chi connectivity index (χ3n) is 3.49. The number of piperidine rings is 1. The molecule has 1 heterocycles. The van der Waals surface area contributed by atoms with Crippen LogP contribution >= 0.6 is 0 Å². The second-order valence-electron chi connectivity index (χ2n) is 4.76. The van der Waals surface area contributed by atoms with Gasteiger partial charge < -0.3 is 21.1 Å². The largest absolute Gasteiger partial charge is 0.395 e. The van der Waals surface area contributed by atoms with E-state index >= 15 is 0 Å². The zero-order valence-corrected chi connectivity index (χ0v) is 10.00. The Morgan fingerprint density at radius 2 is 2.00 bits per heavy atom. The lowest BCUT2D eigenvalue weighted by Gasteiger charge is -2.43. The molecule has 90 valence electrons. The first-order valence-electron chi connectivity index (χ1n) is 5.93. The fraction of sp³-hybridized carbons (Fsp3) is 1.00. The number of aliphatic hydroxyl groups is 1. The van der Waals surface area contributed by atoms with Crippen molar-refractivity contribution >= 4 is 0 Å². The highest BCUT2D eigenvalue weighted by Gasteiger charge is 2.33. The smallest absolute Gasteiger partial charge is 0.0556 e. The van der Waals surface area contributed by atoms with Gasteiger partial charge in [0, 0.05) is 37.8 Å². The standard InChI is InChI=1S/C11H25N3O/c1-10(2)14-6-3-11(9-12,4-7-14)13-5-8-15/h10,13,15H,3-9,12H2,1-2H3. The maximum Gasteiger partial charge on any atom is 0.0556 e. The van der Waals surface area contributed by atoms with Crippen LogP contribution in [0.1, 0.15) is 26.7 Å². The topological polar surface area (TPSA) is 61.5 Å². The average Bonchev–Trinajstić information content (AvgIpc) is 2.27. The summed E-state index contributed by atoms with van der Waals surface area (Å²) in [7, 11) is 0. The van der Waals surface area contributed by atoms with Gasteiger partial charge in [0.1, 0.15) is 0 Å². The molecule has 0 atom stereocenters. The van der Waals surface area contributed by atoms with Crippen molar-refractivity contribution in [3.8, 4) is 0 Å². The molecule has 0 aliphatic carbocycles. The molecule has 0 spiro atoms. The Morgan fingerprint density at radius 1 is 1.40 bits per heavy atom. The minimum atomic E-state index is 0.0636. The van der Waals surface area contributed by atoms with Crippen LogP contribution < -0.4 is 11.1 Å². The molecule has 1 aliphatic heterocycles. The minimum absolute atomic E-state index is 0.0636. The molecule has 0 unspecified atom stereocenters. The normalized spacial score (nSPS) is 22.2. The lowest BCUT2D eigenvalue weighted by Crippen LogP contribution is -2.58. The fourth-order valence-electron chi connectivity index (χ4n) is 2.24. The summed E-state index contributed by atoms with van der Waals surface area (Å²) in [5.41, 5.74) is 5.90. The molecule has 0 saturated carbocycles. The van der Waals surface area contributed by atoms with Gasteiger partial charge >= 0.3 is 0 Å². The number of likely N-dealkylation sites (tertiary alicyclic amines) is 1. The van der Waals surface area contributed by atoms with Gasteiger partial charge in [-0.05, 0) is 26.7 Å². The molecule has 15 heavy (non-hydrogen) atoms. The van der Waals surface area contributed by atoms with E-state index in [0.29, 0.717) is 19.1 Å². The van der Waals surface area contributed by atoms with Gasteiger partial charge in [-0.25, -0.2) is 0 Å². The molecule has 1 fully saturated rings. The Labute approximate surface area is 92.8 Å². The van der Waals surface area contributed by atoms with E-state index in [9.17, 15) is 0 Å². The Balaban J connectivity index is 2.43. The van der Waals surface area contributed by atoms with Crippen LogP contribution in [0, 0.1) is 0 Å². The van der Waals surface area contributed by atoms with E-state index in [2.05, 4.69) is 24.1 Å². The van der Waals surface area contributed by atoms with Crippen LogP contribution in [0.3, 0.4) is 0 Å². The number of nitrogens with zero attached hydrogens (tertiary/aromatic N) is 1. The Bertz CT molecular complexity index is 177. The SMILES string of the molecule is CC(C)N1CCC(CN)(NCCO)CC1. The number of nitrogens with one attached hydrogen (secondary N) is 1. The maximum atomic E-state index is 8.83. The predicted molar refractivity (Wildman–Crippen MR) is 62.8 cm³/mol. The first-order chi connectivity index (χ1) is 7.13. The molecule has 0 aromatic carbocycles. The van der Waals surface area contributed by atoms with Crippen molar-refractivity contribution in [2.75, 3.05) is 32.8 Å². The van der Waals surface area contributed by atoms with Crippen LogP contribution in [0.15, 0.2) is 0 Å². The van der Waals surface area contributed by atoms with E-state index in [1.807, 2.05) is 0 Å². The highest BCUT2D eigenvalue weighted by Crippen LogP contribution is 2.22. The molecule has 1 rings (SSSR count). The van der Waals surface area contributed by atoms with Crippen molar-refractivity contribution in [2.45, 2.75) is 38.3 Å². The predicted octanol–water partition coefficient (Wildman–Crippen LogP) is -0.230. The fourth-order valence-corrected chi connectivity index (χ4v) is 2.24. The number of β-amino-alcohol motifs (C(OH)–C–C–N with tert-alkyl or cyclic N) is 1. The van der Waals surface area contributed by atoms with Gasteiger partial charge in [-0.15, -0.1) is 0 Å². The minimum Gasteiger partial charge on any atom is -0.395 e. The highest BCUT2D eigenvalue weighted by atomic mass is 16.3. The maximum absolute atomic E-state index is 8.83. The van der Waals surface area contributed by atoms with E-state index in [4.69, 9.17) is 10.8 Å². The van der Waals surface area contributed by atoms with E-state index in [1.165, 1.54) is 0 Å². The van der Waals surface area contributed by atoms with Crippen molar-refractivity contribution in [2.24, 2.45) is 5.73 Å². The molecular weight excluding hydrogens is 190 g/mol. The van der Waals surface area contributed by atoms with E-state index in [-0.39, 0.29) is 12.1 Å². The summed E-state index contributed by atoms with van der Waals surface area (Å²) in [5, 5.41) is 12.2. The van der Waals surface area contributed by atoms with E-state index in [0.717, 1.165) is 25.9 Å². The molecule has 0 aromatic heterocycles. The second kappa shape index (κ2) is 5.80. The molecular formula is C11H25N3O. The van der Waals surface area contributed by atoms with Gasteiger partial charge in [-0.2, -0.15) is 0 Å². The third kappa shape index (κ3) is 3.41. The number of aliphatic hydroxyl groups excluding tert-OH is 1. The van der Waals surface area contributed by atoms with Gasteiger partial charge in [0.05, 0.1) is 6.61 Å². The lowest BCUT2D eigenvalue weighted by atomic mass is 9.87. The summed E-state index contributed by atoms with van der Waals surface area (Å²) in [6.45, 7) is 8.18. The molecule has 0 aromatic rings. The molecule has 1 aliphatic rings. The molecule has 0 radical (unpaired) electrons. The summed E-state index contributed by atoms with van der Waals surface area (Å²) in [5.74, 6) is 0. The van der Waals surface area contributed by atoms with Gasteiger partial charge in [0.2, 0.25) is 0 Å². The number of nitrogens with two attached hydrogens (primary N) is 1. The van der Waals surface area contributed by atoms with Crippen molar-refractivity contribution in [3.63, 3.8) is 0 Å². The first-order valence-corrected chi connectivity index (χ1v) is 5.93. The number of hydrogen-bond acceptors (Lipinski definition) is 4. The molecule has 0 amide bonds. The van der Waals surface area contributed by atoms with Gasteiger partial charge in [0.15, 0.2) is 0 Å². The van der Waals surface area contributed by atoms with Gasteiger partial charge in [-0.3, -0.25) is 0 Å². The molecule has 4 heteroatoms. The molecule has 4 nitrogen and oxygen atoms in total. The van der Waals surface area contributed by atoms with Crippen molar-refractivity contribution < 1.29 is 5.11 Å².